The molecule has 0 saturated heterocycles. The van der Waals surface area contributed by atoms with Crippen LogP contribution in [0.3, 0.4) is 0 Å². The van der Waals surface area contributed by atoms with Crippen molar-refractivity contribution < 1.29 is 4.92 Å². The largest absolute Gasteiger partial charge is 0.259 e. The highest BCUT2D eigenvalue weighted by atomic mass is 16.6. The van der Waals surface area contributed by atoms with Crippen LogP contribution < -0.4 is 0 Å². The summed E-state index contributed by atoms with van der Waals surface area (Å²) in [4.78, 5) is 10.1. The standard InChI is InChI=1S/C10H11NO2/c1-8(9(2)11(12)13)10-6-4-3-5-7-10/h3-7H,1-2H3. The summed E-state index contributed by atoms with van der Waals surface area (Å²) in [5, 5.41) is 10.5. The Balaban J connectivity index is 3.11. The lowest BCUT2D eigenvalue weighted by Gasteiger charge is -2.00. The number of nitrogens with zero attached hydrogens (tertiary/aromatic N) is 1. The van der Waals surface area contributed by atoms with Gasteiger partial charge in [-0.2, -0.15) is 0 Å². The molecule has 13 heavy (non-hydrogen) atoms. The van der Waals surface area contributed by atoms with E-state index in [0.717, 1.165) is 5.56 Å². The molecule has 0 unspecified atom stereocenters. The Labute approximate surface area is 76.9 Å². The normalized spacial score (nSPS) is 12.2. The number of benzene rings is 1. The summed E-state index contributed by atoms with van der Waals surface area (Å²) in [6.07, 6.45) is 0. The van der Waals surface area contributed by atoms with Gasteiger partial charge in [0.1, 0.15) is 0 Å². The van der Waals surface area contributed by atoms with Crippen LogP contribution >= 0.6 is 0 Å². The molecule has 3 nitrogen and oxygen atoms in total. The zero-order valence-electron chi connectivity index (χ0n) is 7.65. The van der Waals surface area contributed by atoms with Crippen LogP contribution in [-0.4, -0.2) is 4.92 Å². The Morgan fingerprint density at radius 2 is 1.77 bits per heavy atom. The highest BCUT2D eigenvalue weighted by molar-refractivity contribution is 5.64. The number of hydrogen-bond donors (Lipinski definition) is 0. The van der Waals surface area contributed by atoms with Crippen molar-refractivity contribution in [2.45, 2.75) is 13.8 Å². The maximum Gasteiger partial charge on any atom is 0.246 e. The lowest BCUT2D eigenvalue weighted by Crippen LogP contribution is -1.96. The molecule has 68 valence electrons. The Bertz CT molecular complexity index is 341. The summed E-state index contributed by atoms with van der Waals surface area (Å²) >= 11 is 0. The lowest BCUT2D eigenvalue weighted by atomic mass is 10.1. The van der Waals surface area contributed by atoms with Crippen LogP contribution in [0.2, 0.25) is 0 Å². The SMILES string of the molecule is CC(=C(C)[N+](=O)[O-])c1ccccc1. The molecule has 0 atom stereocenters. The van der Waals surface area contributed by atoms with Crippen LogP contribution in [0.5, 0.6) is 0 Å². The zero-order valence-corrected chi connectivity index (χ0v) is 7.65. The Kier molecular flexibility index (Phi) is 2.80. The molecule has 0 N–H and O–H groups in total. The van der Waals surface area contributed by atoms with Gasteiger partial charge in [-0.1, -0.05) is 30.3 Å². The summed E-state index contributed by atoms with van der Waals surface area (Å²) in [5.41, 5.74) is 1.81. The lowest BCUT2D eigenvalue weighted by molar-refractivity contribution is -0.423. The monoisotopic (exact) mass is 177 g/mol. The van der Waals surface area contributed by atoms with Crippen LogP contribution in [0.15, 0.2) is 36.0 Å². The van der Waals surface area contributed by atoms with Crippen molar-refractivity contribution in [2.24, 2.45) is 0 Å². The van der Waals surface area contributed by atoms with Gasteiger partial charge in [0.05, 0.1) is 4.92 Å². The molecule has 1 rings (SSSR count). The van der Waals surface area contributed by atoms with E-state index in [-0.39, 0.29) is 10.6 Å². The fraction of sp³-hybridized carbons (Fsp3) is 0.200. The highest BCUT2D eigenvalue weighted by Crippen LogP contribution is 2.17. The molecule has 0 radical (unpaired) electrons. The van der Waals surface area contributed by atoms with E-state index in [1.165, 1.54) is 6.92 Å². The maximum atomic E-state index is 10.5. The van der Waals surface area contributed by atoms with E-state index in [0.29, 0.717) is 5.57 Å². The number of hydrogen-bond acceptors (Lipinski definition) is 2. The first kappa shape index (κ1) is 9.45. The van der Waals surface area contributed by atoms with Crippen molar-refractivity contribution >= 4 is 5.57 Å². The van der Waals surface area contributed by atoms with Crippen LogP contribution in [0.4, 0.5) is 0 Å². The van der Waals surface area contributed by atoms with Gasteiger partial charge in [-0.25, -0.2) is 0 Å². The van der Waals surface area contributed by atoms with Crippen LogP contribution in [0.25, 0.3) is 5.57 Å². The van der Waals surface area contributed by atoms with Crippen molar-refractivity contribution in [1.29, 1.82) is 0 Å². The van der Waals surface area contributed by atoms with Gasteiger partial charge in [-0.05, 0) is 12.5 Å². The Hall–Kier alpha value is -1.64. The van der Waals surface area contributed by atoms with Gasteiger partial charge in [0.25, 0.3) is 0 Å². The third-order valence-electron chi connectivity index (χ3n) is 2.02. The van der Waals surface area contributed by atoms with E-state index < -0.39 is 0 Å². The minimum atomic E-state index is -0.359. The predicted molar refractivity (Wildman–Crippen MR) is 51.7 cm³/mol. The molecule has 3 heteroatoms. The smallest absolute Gasteiger partial charge is 0.246 e. The summed E-state index contributed by atoms with van der Waals surface area (Å²) in [7, 11) is 0. The molecule has 0 saturated carbocycles. The fourth-order valence-corrected chi connectivity index (χ4v) is 1.03. The Morgan fingerprint density at radius 3 is 2.23 bits per heavy atom. The van der Waals surface area contributed by atoms with E-state index in [1.54, 1.807) is 6.92 Å². The maximum absolute atomic E-state index is 10.5. The highest BCUT2D eigenvalue weighted by Gasteiger charge is 2.08. The molecule has 0 aliphatic heterocycles. The second-order valence-electron chi connectivity index (χ2n) is 2.83. The van der Waals surface area contributed by atoms with Crippen molar-refractivity contribution in [3.63, 3.8) is 0 Å². The molecular formula is C10H11NO2. The summed E-state index contributed by atoms with van der Waals surface area (Å²) < 4.78 is 0. The molecule has 0 aliphatic rings. The molecule has 0 aromatic heterocycles. The number of allylic oxidation sites excluding steroid dienone is 2. The minimum Gasteiger partial charge on any atom is -0.259 e. The van der Waals surface area contributed by atoms with Gasteiger partial charge in [-0.15, -0.1) is 0 Å². The van der Waals surface area contributed by atoms with E-state index in [1.807, 2.05) is 30.3 Å². The first-order chi connectivity index (χ1) is 6.13. The van der Waals surface area contributed by atoms with E-state index in [9.17, 15) is 10.1 Å². The molecule has 0 fully saturated rings. The third-order valence-corrected chi connectivity index (χ3v) is 2.02. The second-order valence-corrected chi connectivity index (χ2v) is 2.83. The van der Waals surface area contributed by atoms with Gasteiger partial charge in [-0.3, -0.25) is 10.1 Å². The molecule has 1 aromatic rings. The van der Waals surface area contributed by atoms with E-state index >= 15 is 0 Å². The molecule has 0 aliphatic carbocycles. The molecule has 0 spiro atoms. The third kappa shape index (κ3) is 2.15. The average molecular weight is 177 g/mol. The quantitative estimate of drug-likeness (QED) is 0.515. The summed E-state index contributed by atoms with van der Waals surface area (Å²) in [6, 6.07) is 9.35. The predicted octanol–water partition coefficient (Wildman–Crippen LogP) is 2.71. The molecule has 0 amide bonds. The minimum absolute atomic E-state index is 0.200. The molecular weight excluding hydrogens is 166 g/mol. The first-order valence-electron chi connectivity index (χ1n) is 4.00. The Morgan fingerprint density at radius 1 is 1.23 bits per heavy atom. The fourth-order valence-electron chi connectivity index (χ4n) is 1.03. The molecule has 0 bridgehead atoms. The van der Waals surface area contributed by atoms with Crippen LogP contribution in [0.1, 0.15) is 19.4 Å². The molecule has 1 aromatic carbocycles. The average Bonchev–Trinajstić information content (AvgIpc) is 2.17. The van der Waals surface area contributed by atoms with Crippen molar-refractivity contribution in [3.05, 3.63) is 51.7 Å². The van der Waals surface area contributed by atoms with Gasteiger partial charge in [0.2, 0.25) is 5.70 Å². The van der Waals surface area contributed by atoms with Gasteiger partial charge in [0.15, 0.2) is 0 Å². The van der Waals surface area contributed by atoms with Gasteiger partial charge < -0.3 is 0 Å². The number of nitro groups is 1. The molecule has 0 heterocycles. The van der Waals surface area contributed by atoms with Gasteiger partial charge >= 0.3 is 0 Å². The van der Waals surface area contributed by atoms with E-state index in [2.05, 4.69) is 0 Å². The second kappa shape index (κ2) is 3.85. The van der Waals surface area contributed by atoms with Crippen molar-refractivity contribution in [2.75, 3.05) is 0 Å². The van der Waals surface area contributed by atoms with Gasteiger partial charge in [0, 0.05) is 12.5 Å². The van der Waals surface area contributed by atoms with Crippen LogP contribution in [0, 0.1) is 10.1 Å². The summed E-state index contributed by atoms with van der Waals surface area (Å²) in [6.45, 7) is 3.27. The van der Waals surface area contributed by atoms with Crippen molar-refractivity contribution in [3.8, 4) is 0 Å². The zero-order chi connectivity index (χ0) is 9.84. The van der Waals surface area contributed by atoms with E-state index in [4.69, 9.17) is 0 Å². The summed E-state index contributed by atoms with van der Waals surface area (Å²) in [5.74, 6) is 0. The first-order valence-corrected chi connectivity index (χ1v) is 4.00. The topological polar surface area (TPSA) is 43.1 Å². The van der Waals surface area contributed by atoms with Crippen LogP contribution in [-0.2, 0) is 0 Å². The van der Waals surface area contributed by atoms with Crippen molar-refractivity contribution in [1.82, 2.24) is 0 Å². The number of rotatable bonds is 2.